The molecular weight excluding hydrogens is 424 g/mol. The van der Waals surface area contributed by atoms with E-state index in [9.17, 15) is 15.0 Å². The number of methoxy groups -OCH3 is 1. The van der Waals surface area contributed by atoms with Gasteiger partial charge in [0.1, 0.15) is 12.4 Å². The zero-order valence-corrected chi connectivity index (χ0v) is 21.4. The van der Waals surface area contributed by atoms with Crippen molar-refractivity contribution in [1.29, 1.82) is 0 Å². The van der Waals surface area contributed by atoms with E-state index >= 15 is 0 Å². The molecule has 0 aromatic rings. The summed E-state index contributed by atoms with van der Waals surface area (Å²) in [5.41, 5.74) is -3.32. The molecule has 3 fully saturated rings. The Hall–Kier alpha value is -0.830. The van der Waals surface area contributed by atoms with Crippen LogP contribution in [0.15, 0.2) is 11.6 Å². The highest BCUT2D eigenvalue weighted by atomic mass is 16.7. The highest BCUT2D eigenvalue weighted by Crippen LogP contribution is 2.65. The van der Waals surface area contributed by atoms with Gasteiger partial charge in [0, 0.05) is 23.9 Å². The highest BCUT2D eigenvalue weighted by molar-refractivity contribution is 5.95. The minimum Gasteiger partial charge on any atom is -0.392 e. The lowest BCUT2D eigenvalue weighted by Gasteiger charge is -2.62. The molecule has 2 bridgehead atoms. The number of carbonyl (C=O) groups is 1. The third kappa shape index (κ3) is 3.66. The Morgan fingerprint density at radius 1 is 1.21 bits per heavy atom. The van der Waals surface area contributed by atoms with Gasteiger partial charge in [-0.25, -0.2) is 0 Å². The van der Waals surface area contributed by atoms with Gasteiger partial charge in [-0.15, -0.1) is 0 Å². The zero-order valence-electron chi connectivity index (χ0n) is 21.4. The van der Waals surface area contributed by atoms with Crippen LogP contribution in [0.1, 0.15) is 67.7 Å². The lowest BCUT2D eigenvalue weighted by molar-refractivity contribution is -0.263. The lowest BCUT2D eigenvalue weighted by Crippen LogP contribution is -2.71. The Morgan fingerprint density at radius 3 is 2.39 bits per heavy atom. The Morgan fingerprint density at radius 2 is 1.85 bits per heavy atom. The number of carbonyl (C=O) groups excluding carboxylic acids is 1. The van der Waals surface area contributed by atoms with Crippen LogP contribution < -0.4 is 0 Å². The van der Waals surface area contributed by atoms with Crippen molar-refractivity contribution in [2.75, 3.05) is 20.5 Å². The van der Waals surface area contributed by atoms with Crippen LogP contribution in [0, 0.1) is 22.7 Å². The molecule has 7 nitrogen and oxygen atoms in total. The van der Waals surface area contributed by atoms with Crippen molar-refractivity contribution in [2.24, 2.45) is 22.7 Å². The van der Waals surface area contributed by atoms with Crippen molar-refractivity contribution in [3.8, 4) is 0 Å². The minimum atomic E-state index is -1.46. The van der Waals surface area contributed by atoms with Crippen molar-refractivity contribution < 1.29 is 34.0 Å². The van der Waals surface area contributed by atoms with Gasteiger partial charge in [-0.05, 0) is 58.6 Å². The topological polar surface area (TPSA) is 97.8 Å². The summed E-state index contributed by atoms with van der Waals surface area (Å²) in [5, 5.41) is 24.3. The number of epoxide rings is 1. The van der Waals surface area contributed by atoms with Gasteiger partial charge in [0.2, 0.25) is 0 Å². The number of hydrogen-bond acceptors (Lipinski definition) is 7. The van der Waals surface area contributed by atoms with E-state index in [1.165, 1.54) is 6.08 Å². The second-order valence-corrected chi connectivity index (χ2v) is 12.5. The molecule has 8 atom stereocenters. The summed E-state index contributed by atoms with van der Waals surface area (Å²) in [6.07, 6.45) is 1.67. The predicted octanol–water partition coefficient (Wildman–Crippen LogP) is 3.01. The standard InChI is InChI=1S/C26H42O7/c1-15-11-16(27)19-20(28)21-24(7,12-18(31-14-30-8)26(15,29)23(19,5)6)17(33-22(2,3)4)9-10-25(21)13-32-25/h11,17-21,28-29H,9-10,12-14H2,1-8H3/t17-,18+,19-,20-,21+,24+,25+,26-/m0/s1. The first-order valence-electron chi connectivity index (χ1n) is 12.2. The Bertz CT molecular complexity index is 823. The number of fused-ring (bicyclic) bond motifs is 4. The highest BCUT2D eigenvalue weighted by Gasteiger charge is 2.72. The molecule has 188 valence electrons. The van der Waals surface area contributed by atoms with E-state index in [1.807, 2.05) is 34.6 Å². The molecule has 0 amide bonds. The van der Waals surface area contributed by atoms with Gasteiger partial charge in [0.15, 0.2) is 5.78 Å². The molecule has 33 heavy (non-hydrogen) atoms. The van der Waals surface area contributed by atoms with Gasteiger partial charge < -0.3 is 29.2 Å². The summed E-state index contributed by atoms with van der Waals surface area (Å²) < 4.78 is 24.1. The van der Waals surface area contributed by atoms with E-state index in [0.29, 0.717) is 18.6 Å². The van der Waals surface area contributed by atoms with Crippen LogP contribution in [0.4, 0.5) is 0 Å². The zero-order chi connectivity index (χ0) is 24.6. The molecule has 2 saturated carbocycles. The molecular formula is C26H42O7. The molecule has 4 rings (SSSR count). The summed E-state index contributed by atoms with van der Waals surface area (Å²) in [5.74, 6) is -1.28. The van der Waals surface area contributed by atoms with Crippen LogP contribution in [-0.2, 0) is 23.7 Å². The summed E-state index contributed by atoms with van der Waals surface area (Å²) in [6.45, 7) is 14.3. The Balaban J connectivity index is 1.92. The van der Waals surface area contributed by atoms with E-state index in [-0.39, 0.29) is 30.2 Å². The van der Waals surface area contributed by atoms with E-state index in [1.54, 1.807) is 14.0 Å². The van der Waals surface area contributed by atoms with E-state index in [0.717, 1.165) is 12.8 Å². The first-order chi connectivity index (χ1) is 15.1. The van der Waals surface area contributed by atoms with Gasteiger partial charge in [-0.3, -0.25) is 4.79 Å². The fourth-order valence-electron chi connectivity index (χ4n) is 7.51. The molecule has 4 aliphatic rings. The number of ether oxygens (including phenoxy) is 4. The third-order valence-electron chi connectivity index (χ3n) is 9.04. The van der Waals surface area contributed by atoms with E-state index in [4.69, 9.17) is 18.9 Å². The molecule has 3 aliphatic carbocycles. The largest absolute Gasteiger partial charge is 0.392 e. The average Bonchev–Trinajstić information content (AvgIpc) is 3.44. The van der Waals surface area contributed by atoms with Crippen LogP contribution in [0.25, 0.3) is 0 Å². The number of rotatable bonds is 4. The van der Waals surface area contributed by atoms with E-state index in [2.05, 4.69) is 6.92 Å². The first-order valence-corrected chi connectivity index (χ1v) is 12.2. The smallest absolute Gasteiger partial charge is 0.162 e. The first kappa shape index (κ1) is 25.3. The SMILES string of the molecule is COCO[C@@H]1C[C@]2(C)[C@@H](OC(C)(C)C)CC[C@@]3(CO3)[C@@H]2[C@@H](O)[C@@H]2C(=O)C=C(C)[C@@]1(O)C2(C)C. The fraction of sp³-hybridized carbons (Fsp3) is 0.885. The summed E-state index contributed by atoms with van der Waals surface area (Å²) >= 11 is 0. The van der Waals surface area contributed by atoms with Crippen molar-refractivity contribution in [1.82, 2.24) is 0 Å². The van der Waals surface area contributed by atoms with Crippen molar-refractivity contribution >= 4 is 5.78 Å². The van der Waals surface area contributed by atoms with Crippen molar-refractivity contribution in [2.45, 2.75) is 103 Å². The maximum absolute atomic E-state index is 13.4. The molecule has 7 heteroatoms. The quantitative estimate of drug-likeness (QED) is 0.485. The number of aliphatic hydroxyl groups excluding tert-OH is 1. The van der Waals surface area contributed by atoms with Gasteiger partial charge >= 0.3 is 0 Å². The Labute approximate surface area is 197 Å². The van der Waals surface area contributed by atoms with Crippen LogP contribution in [0.2, 0.25) is 0 Å². The number of allylic oxidation sites excluding steroid dienone is 1. The van der Waals surface area contributed by atoms with Gasteiger partial charge in [-0.2, -0.15) is 0 Å². The summed E-state index contributed by atoms with van der Waals surface area (Å²) in [6, 6.07) is 0. The average molecular weight is 467 g/mol. The Kier molecular flexibility index (Phi) is 6.00. The van der Waals surface area contributed by atoms with Gasteiger partial charge in [0.05, 0.1) is 42.0 Å². The van der Waals surface area contributed by atoms with Crippen molar-refractivity contribution in [3.05, 3.63) is 11.6 Å². The van der Waals surface area contributed by atoms with Crippen LogP contribution in [0.3, 0.4) is 0 Å². The van der Waals surface area contributed by atoms with Gasteiger partial charge in [0.25, 0.3) is 0 Å². The fourth-order valence-corrected chi connectivity index (χ4v) is 7.51. The molecule has 1 saturated heterocycles. The normalized spacial score (nSPS) is 46.9. The minimum absolute atomic E-state index is 0.0185. The second-order valence-electron chi connectivity index (χ2n) is 12.5. The van der Waals surface area contributed by atoms with Crippen LogP contribution >= 0.6 is 0 Å². The monoisotopic (exact) mass is 466 g/mol. The van der Waals surface area contributed by atoms with Crippen molar-refractivity contribution in [3.63, 3.8) is 0 Å². The molecule has 1 heterocycles. The molecule has 0 radical (unpaired) electrons. The lowest BCUT2D eigenvalue weighted by atomic mass is 9.46. The maximum atomic E-state index is 13.4. The predicted molar refractivity (Wildman–Crippen MR) is 122 cm³/mol. The summed E-state index contributed by atoms with van der Waals surface area (Å²) in [7, 11) is 1.56. The van der Waals surface area contributed by atoms with E-state index < -0.39 is 40.2 Å². The molecule has 0 unspecified atom stereocenters. The molecule has 0 aromatic heterocycles. The molecule has 1 spiro atoms. The van der Waals surface area contributed by atoms with Crippen LogP contribution in [-0.4, -0.2) is 71.6 Å². The summed E-state index contributed by atoms with van der Waals surface area (Å²) in [4.78, 5) is 13.4. The number of hydrogen-bond donors (Lipinski definition) is 2. The van der Waals surface area contributed by atoms with Gasteiger partial charge in [-0.1, -0.05) is 20.8 Å². The molecule has 0 aromatic carbocycles. The number of ketones is 1. The third-order valence-corrected chi connectivity index (χ3v) is 9.04. The molecule has 2 N–H and O–H groups in total. The number of aliphatic hydroxyl groups is 2. The molecule has 1 aliphatic heterocycles. The second kappa shape index (κ2) is 7.84. The maximum Gasteiger partial charge on any atom is 0.162 e. The van der Waals surface area contributed by atoms with Crippen LogP contribution in [0.5, 0.6) is 0 Å².